The summed E-state index contributed by atoms with van der Waals surface area (Å²) in [6, 6.07) is 1.69. The molecule has 0 bridgehead atoms. The Bertz CT molecular complexity index is 483. The second kappa shape index (κ2) is 6.56. The molecule has 0 aliphatic rings. The van der Waals surface area contributed by atoms with Crippen LogP contribution in [0.1, 0.15) is 5.56 Å². The molecular weight excluding hydrogens is 233 g/mol. The molecule has 0 aliphatic carbocycles. The summed E-state index contributed by atoms with van der Waals surface area (Å²) in [4.78, 5) is 4.05. The highest BCUT2D eigenvalue weighted by Gasteiger charge is 2.06. The maximum absolute atomic E-state index is 12.7. The van der Waals surface area contributed by atoms with Crippen molar-refractivity contribution in [1.82, 2.24) is 4.98 Å². The number of halogens is 1. The van der Waals surface area contributed by atoms with Crippen LogP contribution in [0, 0.1) is 6.92 Å². The lowest BCUT2D eigenvalue weighted by molar-refractivity contribution is 0.413. The third-order valence-electron chi connectivity index (χ3n) is 2.35. The van der Waals surface area contributed by atoms with Gasteiger partial charge < -0.3 is 10.2 Å². The van der Waals surface area contributed by atoms with Crippen molar-refractivity contribution < 1.29 is 9.13 Å². The molecule has 0 aromatic carbocycles. The Morgan fingerprint density at radius 2 is 2.28 bits per heavy atom. The highest BCUT2D eigenvalue weighted by Crippen LogP contribution is 2.20. The maximum atomic E-state index is 12.7. The minimum absolute atomic E-state index is 0.299. The van der Waals surface area contributed by atoms with Gasteiger partial charge in [-0.3, -0.25) is 5.84 Å². The number of allylic oxidation sites excluding steroid dienone is 3. The molecule has 1 aromatic rings. The summed E-state index contributed by atoms with van der Waals surface area (Å²) in [5.74, 6) is 5.94. The van der Waals surface area contributed by atoms with E-state index in [4.69, 9.17) is 10.6 Å². The Morgan fingerprint density at radius 1 is 1.56 bits per heavy atom. The van der Waals surface area contributed by atoms with Crippen LogP contribution in [0.2, 0.25) is 0 Å². The zero-order chi connectivity index (χ0) is 13.5. The average molecular weight is 249 g/mol. The number of nitrogens with zero attached hydrogens (tertiary/aromatic N) is 1. The van der Waals surface area contributed by atoms with E-state index in [1.807, 2.05) is 6.92 Å². The third-order valence-corrected chi connectivity index (χ3v) is 2.35. The topological polar surface area (TPSA) is 60.2 Å². The lowest BCUT2D eigenvalue weighted by Crippen LogP contribution is -2.09. The highest BCUT2D eigenvalue weighted by molar-refractivity contribution is 5.49. The van der Waals surface area contributed by atoms with Crippen molar-refractivity contribution in [3.63, 3.8) is 0 Å². The third kappa shape index (κ3) is 3.18. The predicted molar refractivity (Wildman–Crippen MR) is 70.8 cm³/mol. The molecule has 1 aromatic heterocycles. The molecule has 0 saturated carbocycles. The molecule has 4 nitrogen and oxygen atoms in total. The van der Waals surface area contributed by atoms with Gasteiger partial charge in [-0.05, 0) is 18.6 Å². The van der Waals surface area contributed by atoms with E-state index < -0.39 is 6.67 Å². The van der Waals surface area contributed by atoms with E-state index in [0.717, 1.165) is 5.56 Å². The monoisotopic (exact) mass is 249 g/mol. The first-order valence-electron chi connectivity index (χ1n) is 5.31. The molecule has 0 fully saturated rings. The van der Waals surface area contributed by atoms with Gasteiger partial charge in [-0.15, -0.1) is 0 Å². The number of anilines is 1. The van der Waals surface area contributed by atoms with Crippen LogP contribution in [0.5, 0.6) is 5.88 Å². The van der Waals surface area contributed by atoms with Gasteiger partial charge in [0.1, 0.15) is 12.4 Å². The quantitative estimate of drug-likeness (QED) is 0.352. The number of aromatic nitrogens is 1. The summed E-state index contributed by atoms with van der Waals surface area (Å²) in [5.41, 5.74) is 4.40. The minimum atomic E-state index is -0.674. The predicted octanol–water partition coefficient (Wildman–Crippen LogP) is 2.65. The van der Waals surface area contributed by atoms with E-state index >= 15 is 0 Å². The normalized spacial score (nSPS) is 11.5. The van der Waals surface area contributed by atoms with E-state index in [9.17, 15) is 4.39 Å². The number of hydrazine groups is 1. The molecule has 0 spiro atoms. The van der Waals surface area contributed by atoms with Crippen molar-refractivity contribution in [3.05, 3.63) is 54.5 Å². The summed E-state index contributed by atoms with van der Waals surface area (Å²) in [6.07, 6.45) is 4.34. The van der Waals surface area contributed by atoms with Gasteiger partial charge in [0.25, 0.3) is 0 Å². The van der Waals surface area contributed by atoms with Crippen molar-refractivity contribution in [2.24, 2.45) is 5.84 Å². The van der Waals surface area contributed by atoms with Crippen LogP contribution >= 0.6 is 0 Å². The minimum Gasteiger partial charge on any atom is -0.439 e. The van der Waals surface area contributed by atoms with E-state index in [-0.39, 0.29) is 0 Å². The molecule has 0 amide bonds. The molecule has 3 N–H and O–H groups in total. The van der Waals surface area contributed by atoms with Gasteiger partial charge in [0, 0.05) is 11.6 Å². The lowest BCUT2D eigenvalue weighted by atomic mass is 10.2. The van der Waals surface area contributed by atoms with E-state index in [2.05, 4.69) is 23.6 Å². The van der Waals surface area contributed by atoms with Crippen molar-refractivity contribution in [1.29, 1.82) is 0 Å². The standard InChI is InChI=1S/C13H16FN3O/c1-4-10(7-14)12(5-2)18-13-6-9(3)11(17-15)8-16-13/h4-6,8,17H,1-2,7,15H2,3H3/b12-10-. The van der Waals surface area contributed by atoms with E-state index in [1.165, 1.54) is 18.3 Å². The lowest BCUT2D eigenvalue weighted by Gasteiger charge is -2.10. The fourth-order valence-electron chi connectivity index (χ4n) is 1.31. The molecule has 96 valence electrons. The smallest absolute Gasteiger partial charge is 0.219 e. The highest BCUT2D eigenvalue weighted by atomic mass is 19.1. The summed E-state index contributed by atoms with van der Waals surface area (Å²) in [7, 11) is 0. The van der Waals surface area contributed by atoms with Gasteiger partial charge in [-0.25, -0.2) is 9.37 Å². The Morgan fingerprint density at radius 3 is 2.72 bits per heavy atom. The summed E-state index contributed by atoms with van der Waals surface area (Å²) >= 11 is 0. The van der Waals surface area contributed by atoms with Crippen LogP contribution in [-0.2, 0) is 0 Å². The number of rotatable bonds is 6. The largest absolute Gasteiger partial charge is 0.439 e. The van der Waals surface area contributed by atoms with Crippen molar-refractivity contribution in [2.75, 3.05) is 12.1 Å². The zero-order valence-corrected chi connectivity index (χ0v) is 10.2. The Kier molecular flexibility index (Phi) is 5.07. The number of pyridine rings is 1. The fraction of sp³-hybridized carbons (Fsp3) is 0.154. The zero-order valence-electron chi connectivity index (χ0n) is 10.2. The molecule has 0 atom stereocenters. The van der Waals surface area contributed by atoms with Crippen LogP contribution in [0.15, 0.2) is 48.9 Å². The maximum Gasteiger partial charge on any atom is 0.219 e. The second-order valence-corrected chi connectivity index (χ2v) is 3.52. The second-order valence-electron chi connectivity index (χ2n) is 3.52. The van der Waals surface area contributed by atoms with Gasteiger partial charge in [0.2, 0.25) is 5.88 Å². The van der Waals surface area contributed by atoms with Crippen LogP contribution in [0.4, 0.5) is 10.1 Å². The number of ether oxygens (including phenoxy) is 1. The number of alkyl halides is 1. The van der Waals surface area contributed by atoms with Gasteiger partial charge in [-0.1, -0.05) is 19.2 Å². The van der Waals surface area contributed by atoms with Crippen molar-refractivity contribution >= 4 is 5.69 Å². The molecule has 1 rings (SSSR count). The van der Waals surface area contributed by atoms with Gasteiger partial charge >= 0.3 is 0 Å². The Labute approximate surface area is 106 Å². The Balaban J connectivity index is 3.03. The van der Waals surface area contributed by atoms with Crippen LogP contribution in [0.3, 0.4) is 0 Å². The molecule has 0 unspecified atom stereocenters. The average Bonchev–Trinajstić information content (AvgIpc) is 2.39. The fourth-order valence-corrected chi connectivity index (χ4v) is 1.31. The molecule has 18 heavy (non-hydrogen) atoms. The van der Waals surface area contributed by atoms with E-state index in [0.29, 0.717) is 22.9 Å². The van der Waals surface area contributed by atoms with Crippen LogP contribution in [-0.4, -0.2) is 11.7 Å². The number of nitrogen functional groups attached to an aromatic ring is 1. The van der Waals surface area contributed by atoms with Crippen molar-refractivity contribution in [2.45, 2.75) is 6.92 Å². The van der Waals surface area contributed by atoms with Crippen LogP contribution < -0.4 is 16.0 Å². The molecule has 0 saturated heterocycles. The summed E-state index contributed by atoms with van der Waals surface area (Å²) in [6.45, 7) is 8.26. The van der Waals surface area contributed by atoms with Crippen molar-refractivity contribution in [3.8, 4) is 5.88 Å². The Hall–Kier alpha value is -2.14. The first-order valence-corrected chi connectivity index (χ1v) is 5.31. The molecule has 1 heterocycles. The number of hydrogen-bond acceptors (Lipinski definition) is 4. The number of aryl methyl sites for hydroxylation is 1. The number of hydrogen-bond donors (Lipinski definition) is 2. The molecular formula is C13H16FN3O. The van der Waals surface area contributed by atoms with Crippen LogP contribution in [0.25, 0.3) is 0 Å². The first kappa shape index (κ1) is 13.9. The van der Waals surface area contributed by atoms with Gasteiger partial charge in [0.15, 0.2) is 0 Å². The first-order chi connectivity index (χ1) is 8.65. The SMILES string of the molecule is C=C/C(CF)=C(\C=C)Oc1cc(C)c(NN)cn1. The van der Waals surface area contributed by atoms with Gasteiger partial charge in [0.05, 0.1) is 11.9 Å². The number of nitrogens with one attached hydrogen (secondary N) is 1. The molecule has 5 heteroatoms. The summed E-state index contributed by atoms with van der Waals surface area (Å²) < 4.78 is 18.2. The molecule has 0 aliphatic heterocycles. The van der Waals surface area contributed by atoms with Gasteiger partial charge in [-0.2, -0.15) is 0 Å². The molecule has 0 radical (unpaired) electrons. The van der Waals surface area contributed by atoms with E-state index in [1.54, 1.807) is 6.07 Å². The summed E-state index contributed by atoms with van der Waals surface area (Å²) in [5, 5.41) is 0. The number of nitrogens with two attached hydrogens (primary N) is 1.